The number of unbranched alkanes of at least 4 members (excludes halogenated alkanes) is 1. The Morgan fingerprint density at radius 3 is 2.79 bits per heavy atom. The van der Waals surface area contributed by atoms with Gasteiger partial charge in [0.1, 0.15) is 11.6 Å². The van der Waals surface area contributed by atoms with Gasteiger partial charge >= 0.3 is 0 Å². The fraction of sp³-hybridized carbons (Fsp3) is 0.571. The lowest BCUT2D eigenvalue weighted by Crippen LogP contribution is -2.27. The van der Waals surface area contributed by atoms with Crippen molar-refractivity contribution in [1.82, 2.24) is 10.6 Å². The van der Waals surface area contributed by atoms with Gasteiger partial charge in [-0.1, -0.05) is 19.4 Å². The van der Waals surface area contributed by atoms with E-state index in [1.54, 1.807) is 6.08 Å². The summed E-state index contributed by atoms with van der Waals surface area (Å²) in [6.07, 6.45) is 5.97. The second kappa shape index (κ2) is 12.7. The molecule has 1 amide bonds. The number of nitrogens with one attached hydrogen (secondary N) is 2. The summed E-state index contributed by atoms with van der Waals surface area (Å²) in [5.41, 5.74) is 0.0637. The van der Waals surface area contributed by atoms with Crippen molar-refractivity contribution >= 4 is 5.91 Å². The smallest absolute Gasteiger partial charge is 0.263 e. The number of nitrogens with zero attached hydrogens (tertiary/aromatic N) is 1. The zero-order valence-electron chi connectivity index (χ0n) is 11.6. The van der Waals surface area contributed by atoms with Crippen molar-refractivity contribution in [2.24, 2.45) is 0 Å². The van der Waals surface area contributed by atoms with E-state index in [1.165, 1.54) is 6.20 Å². The normalized spacial score (nSPS) is 10.6. The summed E-state index contributed by atoms with van der Waals surface area (Å²) >= 11 is 0. The molecule has 0 aromatic carbocycles. The van der Waals surface area contributed by atoms with Crippen molar-refractivity contribution in [3.8, 4) is 6.07 Å². The van der Waals surface area contributed by atoms with Crippen LogP contribution >= 0.6 is 0 Å². The molecule has 0 bridgehead atoms. The topological polar surface area (TPSA) is 74.2 Å². The third kappa shape index (κ3) is 9.86. The Hall–Kier alpha value is -1.80. The molecule has 0 aromatic heterocycles. The highest BCUT2D eigenvalue weighted by atomic mass is 16.5. The molecule has 0 rings (SSSR count). The lowest BCUT2D eigenvalue weighted by atomic mass is 10.3. The van der Waals surface area contributed by atoms with Gasteiger partial charge in [-0.3, -0.25) is 4.79 Å². The minimum absolute atomic E-state index is 0.0637. The van der Waals surface area contributed by atoms with E-state index in [4.69, 9.17) is 10.00 Å². The van der Waals surface area contributed by atoms with Crippen molar-refractivity contribution in [3.05, 3.63) is 24.4 Å². The van der Waals surface area contributed by atoms with Crippen LogP contribution in [0.2, 0.25) is 0 Å². The van der Waals surface area contributed by atoms with Crippen molar-refractivity contribution in [2.75, 3.05) is 26.3 Å². The third-order valence-corrected chi connectivity index (χ3v) is 2.27. The van der Waals surface area contributed by atoms with Crippen LogP contribution in [0.15, 0.2) is 24.4 Å². The molecule has 0 unspecified atom stereocenters. The Morgan fingerprint density at radius 1 is 1.42 bits per heavy atom. The summed E-state index contributed by atoms with van der Waals surface area (Å²) in [4.78, 5) is 11.6. The predicted octanol–water partition coefficient (Wildman–Crippen LogP) is 1.49. The monoisotopic (exact) mass is 265 g/mol. The highest BCUT2D eigenvalue weighted by Gasteiger charge is 2.06. The number of carbonyl (C=O) groups is 1. The number of nitriles is 1. The van der Waals surface area contributed by atoms with Gasteiger partial charge in [0.2, 0.25) is 0 Å². The Bertz CT molecular complexity index is 332. The molecule has 0 saturated heterocycles. The Balaban J connectivity index is 3.74. The van der Waals surface area contributed by atoms with Crippen LogP contribution < -0.4 is 10.6 Å². The zero-order valence-corrected chi connectivity index (χ0v) is 11.6. The van der Waals surface area contributed by atoms with Crippen LogP contribution in [-0.4, -0.2) is 32.2 Å². The van der Waals surface area contributed by atoms with Crippen LogP contribution in [0.25, 0.3) is 0 Å². The van der Waals surface area contributed by atoms with Crippen molar-refractivity contribution < 1.29 is 9.53 Å². The molecule has 19 heavy (non-hydrogen) atoms. The number of amides is 1. The first-order valence-corrected chi connectivity index (χ1v) is 6.56. The van der Waals surface area contributed by atoms with Gasteiger partial charge in [-0.25, -0.2) is 0 Å². The molecule has 106 valence electrons. The van der Waals surface area contributed by atoms with E-state index >= 15 is 0 Å². The highest BCUT2D eigenvalue weighted by Crippen LogP contribution is 1.92. The van der Waals surface area contributed by atoms with Gasteiger partial charge in [0.25, 0.3) is 5.91 Å². The van der Waals surface area contributed by atoms with Gasteiger partial charge in [-0.15, -0.1) is 6.58 Å². The molecule has 5 heteroatoms. The van der Waals surface area contributed by atoms with Gasteiger partial charge in [0.05, 0.1) is 0 Å². The van der Waals surface area contributed by atoms with Gasteiger partial charge < -0.3 is 15.4 Å². The van der Waals surface area contributed by atoms with E-state index in [0.717, 1.165) is 25.9 Å². The van der Waals surface area contributed by atoms with Gasteiger partial charge in [0, 0.05) is 32.5 Å². The Labute approximate surface area is 115 Å². The summed E-state index contributed by atoms with van der Waals surface area (Å²) < 4.78 is 5.37. The van der Waals surface area contributed by atoms with E-state index < -0.39 is 0 Å². The molecule has 0 aliphatic rings. The summed E-state index contributed by atoms with van der Waals surface area (Å²) in [6, 6.07) is 1.85. The summed E-state index contributed by atoms with van der Waals surface area (Å²) in [5.74, 6) is -0.368. The molecule has 0 fully saturated rings. The zero-order chi connectivity index (χ0) is 14.3. The molecule has 0 aromatic rings. The maximum absolute atomic E-state index is 11.6. The van der Waals surface area contributed by atoms with E-state index in [2.05, 4.69) is 24.1 Å². The quantitative estimate of drug-likeness (QED) is 0.257. The fourth-order valence-electron chi connectivity index (χ4n) is 1.21. The van der Waals surface area contributed by atoms with Crippen LogP contribution in [0.1, 0.15) is 26.2 Å². The molecular weight excluding hydrogens is 242 g/mol. The first-order chi connectivity index (χ1) is 9.26. The molecule has 0 radical (unpaired) electrons. The summed E-state index contributed by atoms with van der Waals surface area (Å²) in [7, 11) is 0. The van der Waals surface area contributed by atoms with Crippen LogP contribution in [0.4, 0.5) is 0 Å². The Morgan fingerprint density at radius 2 is 2.16 bits per heavy atom. The minimum atomic E-state index is -0.368. The van der Waals surface area contributed by atoms with E-state index in [0.29, 0.717) is 19.7 Å². The summed E-state index contributed by atoms with van der Waals surface area (Å²) in [5, 5.41) is 14.3. The number of rotatable bonds is 11. The molecule has 0 aliphatic heterocycles. The molecule has 0 spiro atoms. The van der Waals surface area contributed by atoms with Crippen LogP contribution in [0, 0.1) is 11.3 Å². The maximum atomic E-state index is 11.6. The van der Waals surface area contributed by atoms with Gasteiger partial charge in [0.15, 0.2) is 0 Å². The third-order valence-electron chi connectivity index (χ3n) is 2.27. The molecular formula is C14H23N3O2. The standard InChI is InChI=1S/C14H23N3O2/c1-3-5-9-19-10-6-8-17-14(18)13(11-15)12-16-7-4-2/h4,12,16H,2-3,5-10H2,1H3,(H,17,18)/b13-12-. The summed E-state index contributed by atoms with van der Waals surface area (Å²) in [6.45, 7) is 8.05. The Kier molecular flexibility index (Phi) is 11.5. The molecule has 2 N–H and O–H groups in total. The average Bonchev–Trinajstić information content (AvgIpc) is 2.42. The van der Waals surface area contributed by atoms with Crippen molar-refractivity contribution in [3.63, 3.8) is 0 Å². The van der Waals surface area contributed by atoms with Crippen LogP contribution in [0.3, 0.4) is 0 Å². The van der Waals surface area contributed by atoms with E-state index in [9.17, 15) is 4.79 Å². The largest absolute Gasteiger partial charge is 0.386 e. The second-order valence-electron chi connectivity index (χ2n) is 3.94. The minimum Gasteiger partial charge on any atom is -0.386 e. The SMILES string of the molecule is C=CCN/C=C(/C#N)C(=O)NCCCOCCCC. The molecule has 0 atom stereocenters. The molecule has 0 heterocycles. The number of ether oxygens (including phenoxy) is 1. The predicted molar refractivity (Wildman–Crippen MR) is 75.2 cm³/mol. The second-order valence-corrected chi connectivity index (χ2v) is 3.94. The van der Waals surface area contributed by atoms with Crippen LogP contribution in [0.5, 0.6) is 0 Å². The van der Waals surface area contributed by atoms with E-state index in [-0.39, 0.29) is 11.5 Å². The van der Waals surface area contributed by atoms with Crippen molar-refractivity contribution in [2.45, 2.75) is 26.2 Å². The fourth-order valence-corrected chi connectivity index (χ4v) is 1.21. The maximum Gasteiger partial charge on any atom is 0.263 e. The number of carbonyl (C=O) groups excluding carboxylic acids is 1. The number of hydrogen-bond donors (Lipinski definition) is 2. The van der Waals surface area contributed by atoms with E-state index in [1.807, 2.05) is 6.07 Å². The number of hydrogen-bond acceptors (Lipinski definition) is 4. The molecule has 0 aliphatic carbocycles. The molecule has 5 nitrogen and oxygen atoms in total. The van der Waals surface area contributed by atoms with Crippen LogP contribution in [-0.2, 0) is 9.53 Å². The van der Waals surface area contributed by atoms with Gasteiger partial charge in [-0.2, -0.15) is 5.26 Å². The highest BCUT2D eigenvalue weighted by molar-refractivity contribution is 5.97. The molecule has 0 saturated carbocycles. The first kappa shape index (κ1) is 17.2. The van der Waals surface area contributed by atoms with Crippen molar-refractivity contribution in [1.29, 1.82) is 5.26 Å². The van der Waals surface area contributed by atoms with Gasteiger partial charge in [-0.05, 0) is 12.8 Å². The lowest BCUT2D eigenvalue weighted by Gasteiger charge is -2.05. The first-order valence-electron chi connectivity index (χ1n) is 6.56. The lowest BCUT2D eigenvalue weighted by molar-refractivity contribution is -0.117. The average molecular weight is 265 g/mol.